The zero-order valence-electron chi connectivity index (χ0n) is 19.7. The van der Waals surface area contributed by atoms with Gasteiger partial charge in [0.15, 0.2) is 0 Å². The van der Waals surface area contributed by atoms with Crippen LogP contribution in [0, 0.1) is 5.92 Å². The molecule has 2 saturated heterocycles. The number of ether oxygens (including phenoxy) is 1. The maximum absolute atomic E-state index is 12.5. The molecule has 0 unspecified atom stereocenters. The molecule has 1 aromatic rings. The lowest BCUT2D eigenvalue weighted by Gasteiger charge is -2.35. The molecule has 0 bridgehead atoms. The molecule has 7 heteroatoms. The second-order valence-corrected chi connectivity index (χ2v) is 10.1. The van der Waals surface area contributed by atoms with Gasteiger partial charge in [0.25, 0.3) is 5.56 Å². The first-order valence-electron chi connectivity index (χ1n) is 12.7. The zero-order valence-corrected chi connectivity index (χ0v) is 19.7. The van der Waals surface area contributed by atoms with Crippen LogP contribution < -0.4 is 5.56 Å². The van der Waals surface area contributed by atoms with Crippen molar-refractivity contribution in [1.29, 1.82) is 0 Å². The van der Waals surface area contributed by atoms with Crippen LogP contribution in [0.15, 0.2) is 10.9 Å². The average molecular weight is 445 g/mol. The van der Waals surface area contributed by atoms with E-state index in [0.717, 1.165) is 62.8 Å². The molecule has 3 heterocycles. The molecule has 4 rings (SSSR count). The quantitative estimate of drug-likeness (QED) is 0.698. The molecule has 32 heavy (non-hydrogen) atoms. The van der Waals surface area contributed by atoms with Gasteiger partial charge in [0.2, 0.25) is 5.91 Å². The number of carbonyl (C=O) groups excluding carboxylic acids is 1. The molecule has 0 spiro atoms. The largest absolute Gasteiger partial charge is 0.384 e. The van der Waals surface area contributed by atoms with Crippen LogP contribution in [0.2, 0.25) is 0 Å². The van der Waals surface area contributed by atoms with Crippen molar-refractivity contribution >= 4 is 5.91 Å². The van der Waals surface area contributed by atoms with Gasteiger partial charge in [-0.2, -0.15) is 0 Å². The van der Waals surface area contributed by atoms with Crippen LogP contribution in [0.5, 0.6) is 0 Å². The van der Waals surface area contributed by atoms with Crippen molar-refractivity contribution in [1.82, 2.24) is 19.8 Å². The average Bonchev–Trinajstić information content (AvgIpc) is 2.83. The van der Waals surface area contributed by atoms with Crippen LogP contribution in [0.3, 0.4) is 0 Å². The SMILES string of the molecule is COCCC(=O)N1CCC[C@@H](c2cc(=O)[nH]c(C3CCN(CC4CCCCC4)CC3)n2)C1. The Labute approximate surface area is 191 Å². The van der Waals surface area contributed by atoms with Gasteiger partial charge < -0.3 is 19.5 Å². The molecule has 0 aromatic carbocycles. The van der Waals surface area contributed by atoms with E-state index in [1.807, 2.05) is 4.90 Å². The highest BCUT2D eigenvalue weighted by Gasteiger charge is 2.28. The van der Waals surface area contributed by atoms with E-state index in [1.165, 1.54) is 38.6 Å². The Hall–Kier alpha value is -1.73. The Kier molecular flexibility index (Phi) is 8.36. The highest BCUT2D eigenvalue weighted by molar-refractivity contribution is 5.76. The van der Waals surface area contributed by atoms with Crippen molar-refractivity contribution in [3.8, 4) is 0 Å². The molecule has 178 valence electrons. The predicted octanol–water partition coefficient (Wildman–Crippen LogP) is 3.27. The van der Waals surface area contributed by atoms with Gasteiger partial charge in [0, 0.05) is 44.6 Å². The van der Waals surface area contributed by atoms with Gasteiger partial charge in [0.1, 0.15) is 5.82 Å². The molecular weight excluding hydrogens is 404 g/mol. The number of methoxy groups -OCH3 is 1. The number of nitrogens with one attached hydrogen (secondary N) is 1. The van der Waals surface area contributed by atoms with Crippen molar-refractivity contribution in [2.45, 2.75) is 76.0 Å². The van der Waals surface area contributed by atoms with Crippen LogP contribution in [0.25, 0.3) is 0 Å². The number of rotatable bonds is 7. The van der Waals surface area contributed by atoms with E-state index >= 15 is 0 Å². The van der Waals surface area contributed by atoms with E-state index in [0.29, 0.717) is 25.5 Å². The lowest BCUT2D eigenvalue weighted by Crippen LogP contribution is -2.40. The Morgan fingerprint density at radius 1 is 1.06 bits per heavy atom. The molecular formula is C25H40N4O3. The monoisotopic (exact) mass is 444 g/mol. The number of carbonyl (C=O) groups is 1. The Bertz CT molecular complexity index is 797. The van der Waals surface area contributed by atoms with Gasteiger partial charge in [-0.15, -0.1) is 0 Å². The lowest BCUT2D eigenvalue weighted by molar-refractivity contribution is -0.133. The van der Waals surface area contributed by atoms with E-state index in [9.17, 15) is 9.59 Å². The highest BCUT2D eigenvalue weighted by Crippen LogP contribution is 2.30. The number of hydrogen-bond donors (Lipinski definition) is 1. The summed E-state index contributed by atoms with van der Waals surface area (Å²) < 4.78 is 5.05. The van der Waals surface area contributed by atoms with E-state index < -0.39 is 0 Å². The normalized spacial score (nSPS) is 24.0. The number of H-pyrrole nitrogens is 1. The maximum Gasteiger partial charge on any atom is 0.251 e. The summed E-state index contributed by atoms with van der Waals surface area (Å²) in [6.07, 6.45) is 11.5. The van der Waals surface area contributed by atoms with Crippen molar-refractivity contribution in [3.05, 3.63) is 27.9 Å². The van der Waals surface area contributed by atoms with Gasteiger partial charge >= 0.3 is 0 Å². The Balaban J connectivity index is 1.35. The first-order chi connectivity index (χ1) is 15.6. The summed E-state index contributed by atoms with van der Waals surface area (Å²) in [7, 11) is 1.62. The predicted molar refractivity (Wildman–Crippen MR) is 125 cm³/mol. The summed E-state index contributed by atoms with van der Waals surface area (Å²) in [5.74, 6) is 2.33. The number of aromatic nitrogens is 2. The van der Waals surface area contributed by atoms with Gasteiger partial charge in [-0.25, -0.2) is 4.98 Å². The zero-order chi connectivity index (χ0) is 22.3. The number of hydrogen-bond acceptors (Lipinski definition) is 5. The van der Waals surface area contributed by atoms with E-state index in [-0.39, 0.29) is 17.4 Å². The summed E-state index contributed by atoms with van der Waals surface area (Å²) in [5, 5.41) is 0. The molecule has 0 radical (unpaired) electrons. The lowest BCUT2D eigenvalue weighted by atomic mass is 9.87. The van der Waals surface area contributed by atoms with Crippen LogP contribution in [-0.4, -0.2) is 72.1 Å². The van der Waals surface area contributed by atoms with Crippen molar-refractivity contribution in [3.63, 3.8) is 0 Å². The van der Waals surface area contributed by atoms with E-state index in [4.69, 9.17) is 9.72 Å². The van der Waals surface area contributed by atoms with E-state index in [2.05, 4.69) is 9.88 Å². The standard InChI is InChI=1S/C25H40N4O3/c1-32-15-11-24(31)29-12-5-8-21(18-29)22-16-23(30)27-25(26-22)20-9-13-28(14-10-20)17-19-6-3-2-4-7-19/h16,19-21H,2-15,17-18H2,1H3,(H,26,27,30)/t21-/m1/s1. The number of nitrogens with zero attached hydrogens (tertiary/aromatic N) is 3. The minimum Gasteiger partial charge on any atom is -0.384 e. The first kappa shape index (κ1) is 23.4. The molecule has 3 aliphatic rings. The molecule has 1 N–H and O–H groups in total. The summed E-state index contributed by atoms with van der Waals surface area (Å²) in [6.45, 7) is 5.33. The third-order valence-electron chi connectivity index (χ3n) is 7.71. The minimum absolute atomic E-state index is 0.0579. The molecule has 7 nitrogen and oxygen atoms in total. The number of aromatic amines is 1. The van der Waals surface area contributed by atoms with Crippen molar-refractivity contribution in [2.75, 3.05) is 46.4 Å². The summed E-state index contributed by atoms with van der Waals surface area (Å²) in [6, 6.07) is 1.65. The summed E-state index contributed by atoms with van der Waals surface area (Å²) in [4.78, 5) is 37.4. The molecule has 1 aromatic heterocycles. The first-order valence-corrected chi connectivity index (χ1v) is 12.7. The summed E-state index contributed by atoms with van der Waals surface area (Å²) in [5.41, 5.74) is 0.801. The van der Waals surface area contributed by atoms with Crippen molar-refractivity contribution in [2.24, 2.45) is 5.92 Å². The Morgan fingerprint density at radius 3 is 2.59 bits per heavy atom. The van der Waals surface area contributed by atoms with Crippen LogP contribution in [0.1, 0.15) is 87.6 Å². The Morgan fingerprint density at radius 2 is 1.84 bits per heavy atom. The van der Waals surface area contributed by atoms with Gasteiger partial charge in [0.05, 0.1) is 18.7 Å². The molecule has 1 amide bonds. The van der Waals surface area contributed by atoms with Crippen LogP contribution in [-0.2, 0) is 9.53 Å². The third kappa shape index (κ3) is 6.19. The molecule has 1 saturated carbocycles. The minimum atomic E-state index is -0.0579. The van der Waals surface area contributed by atoms with Crippen molar-refractivity contribution < 1.29 is 9.53 Å². The van der Waals surface area contributed by atoms with E-state index in [1.54, 1.807) is 13.2 Å². The molecule has 2 aliphatic heterocycles. The smallest absolute Gasteiger partial charge is 0.251 e. The fourth-order valence-electron chi connectivity index (χ4n) is 5.81. The molecule has 1 atom stereocenters. The second-order valence-electron chi connectivity index (χ2n) is 10.1. The molecule has 1 aliphatic carbocycles. The third-order valence-corrected chi connectivity index (χ3v) is 7.71. The second kappa shape index (κ2) is 11.4. The topological polar surface area (TPSA) is 78.5 Å². The number of amides is 1. The van der Waals surface area contributed by atoms with Crippen LogP contribution in [0.4, 0.5) is 0 Å². The fraction of sp³-hybridized carbons (Fsp3) is 0.800. The number of likely N-dealkylation sites (tertiary alicyclic amines) is 2. The number of piperidine rings is 2. The van der Waals surface area contributed by atoms with Gasteiger partial charge in [-0.1, -0.05) is 19.3 Å². The molecule has 3 fully saturated rings. The fourth-order valence-corrected chi connectivity index (χ4v) is 5.81. The van der Waals surface area contributed by atoms with Crippen LogP contribution >= 0.6 is 0 Å². The highest BCUT2D eigenvalue weighted by atomic mass is 16.5. The summed E-state index contributed by atoms with van der Waals surface area (Å²) >= 11 is 0. The van der Waals surface area contributed by atoms with Gasteiger partial charge in [-0.05, 0) is 57.5 Å². The maximum atomic E-state index is 12.5. The van der Waals surface area contributed by atoms with Gasteiger partial charge in [-0.3, -0.25) is 9.59 Å².